The third-order valence-corrected chi connectivity index (χ3v) is 1.73. The van der Waals surface area contributed by atoms with Crippen LogP contribution >= 0.6 is 0 Å². The fourth-order valence-electron chi connectivity index (χ4n) is 0.847. The van der Waals surface area contributed by atoms with E-state index in [-0.39, 0.29) is 0 Å². The first kappa shape index (κ1) is 12.4. The van der Waals surface area contributed by atoms with Crippen LogP contribution in [0.25, 0.3) is 0 Å². The zero-order chi connectivity index (χ0) is 10.6. The number of alkyl halides is 3. The molecule has 0 aliphatic heterocycles. The quantitative estimate of drug-likeness (QED) is 0.632. The number of hydrogen-bond donors (Lipinski definition) is 0. The van der Waals surface area contributed by atoms with Crippen LogP contribution in [0, 0.1) is 5.92 Å². The maximum absolute atomic E-state index is 12.5. The van der Waals surface area contributed by atoms with Crippen LogP contribution in [0.15, 0.2) is 12.4 Å². The van der Waals surface area contributed by atoms with Gasteiger partial charge in [0.25, 0.3) is 0 Å². The molecule has 0 N–H and O–H groups in total. The molecule has 0 saturated heterocycles. The highest BCUT2D eigenvalue weighted by molar-refractivity contribution is 4.93. The Morgan fingerprint density at radius 3 is 2.15 bits per heavy atom. The second-order valence-electron chi connectivity index (χ2n) is 2.82. The topological polar surface area (TPSA) is 9.23 Å². The van der Waals surface area contributed by atoms with E-state index in [0.29, 0.717) is 6.42 Å². The van der Waals surface area contributed by atoms with Gasteiger partial charge in [-0.2, -0.15) is 0 Å². The van der Waals surface area contributed by atoms with Crippen LogP contribution in [0.2, 0.25) is 0 Å². The summed E-state index contributed by atoms with van der Waals surface area (Å²) in [7, 11) is 0. The van der Waals surface area contributed by atoms with Gasteiger partial charge in [0.15, 0.2) is 0 Å². The van der Waals surface area contributed by atoms with Crippen molar-refractivity contribution in [3.63, 3.8) is 0 Å². The van der Waals surface area contributed by atoms with Gasteiger partial charge >= 0.3 is 6.36 Å². The molecule has 0 heterocycles. The number of halogens is 4. The fraction of sp³-hybridized carbons (Fsp3) is 0.750. The summed E-state index contributed by atoms with van der Waals surface area (Å²) in [4.78, 5) is 0. The SMILES string of the molecule is C=C(F)C(OC(F)(F)F)[C@@H](C)CC. The first-order valence-corrected chi connectivity index (χ1v) is 3.86. The van der Waals surface area contributed by atoms with E-state index in [9.17, 15) is 17.6 Å². The molecule has 2 atom stereocenters. The minimum atomic E-state index is -4.82. The van der Waals surface area contributed by atoms with Crippen molar-refractivity contribution in [2.45, 2.75) is 32.7 Å². The van der Waals surface area contributed by atoms with Crippen LogP contribution in [0.3, 0.4) is 0 Å². The number of hydrogen-bond acceptors (Lipinski definition) is 1. The van der Waals surface area contributed by atoms with Crippen LogP contribution in [0.4, 0.5) is 17.6 Å². The number of rotatable bonds is 4. The maximum Gasteiger partial charge on any atom is 0.523 e. The molecule has 13 heavy (non-hydrogen) atoms. The molecule has 0 spiro atoms. The zero-order valence-electron chi connectivity index (χ0n) is 7.49. The zero-order valence-corrected chi connectivity index (χ0v) is 7.49. The minimum Gasteiger partial charge on any atom is -0.281 e. The molecular formula is C8H12F4O. The molecule has 0 aromatic carbocycles. The van der Waals surface area contributed by atoms with Crippen molar-refractivity contribution in [1.29, 1.82) is 0 Å². The van der Waals surface area contributed by atoms with Gasteiger partial charge in [0.2, 0.25) is 0 Å². The van der Waals surface area contributed by atoms with E-state index in [2.05, 4.69) is 11.3 Å². The van der Waals surface area contributed by atoms with Crippen molar-refractivity contribution in [2.24, 2.45) is 5.92 Å². The van der Waals surface area contributed by atoms with Crippen molar-refractivity contribution < 1.29 is 22.3 Å². The molecule has 0 saturated carbocycles. The molecule has 0 amide bonds. The molecule has 0 bridgehead atoms. The predicted molar refractivity (Wildman–Crippen MR) is 40.6 cm³/mol. The van der Waals surface area contributed by atoms with Crippen LogP contribution < -0.4 is 0 Å². The van der Waals surface area contributed by atoms with Crippen LogP contribution in [-0.2, 0) is 4.74 Å². The van der Waals surface area contributed by atoms with Crippen molar-refractivity contribution in [2.75, 3.05) is 0 Å². The van der Waals surface area contributed by atoms with E-state index < -0.39 is 24.2 Å². The summed E-state index contributed by atoms with van der Waals surface area (Å²) in [5.41, 5.74) is 0. The molecule has 0 aromatic rings. The minimum absolute atomic E-state index is 0.393. The normalized spacial score (nSPS) is 16.8. The summed E-state index contributed by atoms with van der Waals surface area (Å²) in [5.74, 6) is -1.63. The molecular weight excluding hydrogens is 188 g/mol. The Bertz CT molecular complexity index is 175. The van der Waals surface area contributed by atoms with E-state index in [0.717, 1.165) is 0 Å². The Balaban J connectivity index is 4.36. The second-order valence-corrected chi connectivity index (χ2v) is 2.82. The smallest absolute Gasteiger partial charge is 0.281 e. The highest BCUT2D eigenvalue weighted by Crippen LogP contribution is 2.27. The highest BCUT2D eigenvalue weighted by Gasteiger charge is 2.36. The van der Waals surface area contributed by atoms with E-state index >= 15 is 0 Å². The van der Waals surface area contributed by atoms with Gasteiger partial charge in [-0.15, -0.1) is 13.2 Å². The van der Waals surface area contributed by atoms with Crippen molar-refractivity contribution in [3.05, 3.63) is 12.4 Å². The first-order valence-electron chi connectivity index (χ1n) is 3.86. The second kappa shape index (κ2) is 4.60. The lowest BCUT2D eigenvalue weighted by molar-refractivity contribution is -0.344. The van der Waals surface area contributed by atoms with E-state index in [1.165, 1.54) is 6.92 Å². The van der Waals surface area contributed by atoms with Gasteiger partial charge in [0.05, 0.1) is 0 Å². The third kappa shape index (κ3) is 4.87. The molecule has 0 aliphatic carbocycles. The van der Waals surface area contributed by atoms with Gasteiger partial charge < -0.3 is 0 Å². The van der Waals surface area contributed by atoms with Crippen LogP contribution in [0.1, 0.15) is 20.3 Å². The summed E-state index contributed by atoms with van der Waals surface area (Å²) >= 11 is 0. The largest absolute Gasteiger partial charge is 0.523 e. The molecule has 5 heteroatoms. The summed E-state index contributed by atoms with van der Waals surface area (Å²) in [5, 5.41) is 0. The lowest BCUT2D eigenvalue weighted by Crippen LogP contribution is -2.29. The van der Waals surface area contributed by atoms with Gasteiger partial charge in [0, 0.05) is 0 Å². The Morgan fingerprint density at radius 1 is 1.46 bits per heavy atom. The molecule has 0 rings (SSSR count). The third-order valence-electron chi connectivity index (χ3n) is 1.73. The Hall–Kier alpha value is -0.580. The molecule has 0 aliphatic rings. The molecule has 0 aromatic heterocycles. The van der Waals surface area contributed by atoms with Crippen LogP contribution in [-0.4, -0.2) is 12.5 Å². The van der Waals surface area contributed by atoms with Gasteiger partial charge in [-0.25, -0.2) is 4.39 Å². The highest BCUT2D eigenvalue weighted by atomic mass is 19.4. The summed E-state index contributed by atoms with van der Waals surface area (Å²) in [6.45, 7) is 5.94. The lowest BCUT2D eigenvalue weighted by Gasteiger charge is -2.22. The lowest BCUT2D eigenvalue weighted by atomic mass is 10.0. The number of ether oxygens (including phenoxy) is 1. The molecule has 0 fully saturated rings. The van der Waals surface area contributed by atoms with Gasteiger partial charge in [-0.1, -0.05) is 26.8 Å². The Morgan fingerprint density at radius 2 is 1.92 bits per heavy atom. The van der Waals surface area contributed by atoms with E-state index in [1.54, 1.807) is 6.92 Å². The molecule has 0 radical (unpaired) electrons. The first-order chi connectivity index (χ1) is 5.78. The van der Waals surface area contributed by atoms with Crippen LogP contribution in [0.5, 0.6) is 0 Å². The monoisotopic (exact) mass is 200 g/mol. The average molecular weight is 200 g/mol. The van der Waals surface area contributed by atoms with E-state index in [4.69, 9.17) is 0 Å². The fourth-order valence-corrected chi connectivity index (χ4v) is 0.847. The van der Waals surface area contributed by atoms with Gasteiger partial charge in [-0.05, 0) is 5.92 Å². The average Bonchev–Trinajstić information content (AvgIpc) is 1.96. The van der Waals surface area contributed by atoms with Gasteiger partial charge in [0.1, 0.15) is 11.9 Å². The summed E-state index contributed by atoms with van der Waals surface area (Å²) < 4.78 is 51.3. The molecule has 1 nitrogen and oxygen atoms in total. The van der Waals surface area contributed by atoms with Crippen molar-refractivity contribution in [1.82, 2.24) is 0 Å². The summed E-state index contributed by atoms with van der Waals surface area (Å²) in [6, 6.07) is 0. The predicted octanol–water partition coefficient (Wildman–Crippen LogP) is 3.42. The molecule has 1 unspecified atom stereocenters. The Kier molecular flexibility index (Phi) is 4.39. The van der Waals surface area contributed by atoms with Crippen molar-refractivity contribution in [3.8, 4) is 0 Å². The summed E-state index contributed by atoms with van der Waals surface area (Å²) in [6.07, 6.45) is -6.02. The maximum atomic E-state index is 12.5. The van der Waals surface area contributed by atoms with Crippen molar-refractivity contribution >= 4 is 0 Å². The van der Waals surface area contributed by atoms with E-state index in [1.807, 2.05) is 0 Å². The standard InChI is InChI=1S/C8H12F4O/c1-4-5(2)7(6(3)9)13-8(10,11)12/h5,7H,3-4H2,1-2H3/t5-,7?/m0/s1. The molecule has 78 valence electrons. The van der Waals surface area contributed by atoms with Gasteiger partial charge in [-0.3, -0.25) is 4.74 Å². The Labute approximate surface area is 74.4 Å².